The van der Waals surface area contributed by atoms with Gasteiger partial charge in [-0.15, -0.1) is 0 Å². The zero-order valence-electron chi connectivity index (χ0n) is 16.7. The van der Waals surface area contributed by atoms with Crippen LogP contribution in [0.1, 0.15) is 25.2 Å². The fraction of sp³-hybridized carbons (Fsp3) is 0.238. The van der Waals surface area contributed by atoms with Gasteiger partial charge >= 0.3 is 0 Å². The van der Waals surface area contributed by atoms with E-state index < -0.39 is 0 Å². The number of rotatable bonds is 9. The Morgan fingerprint density at radius 2 is 1.62 bits per heavy atom. The first-order valence-corrected chi connectivity index (χ1v) is 10.8. The van der Waals surface area contributed by atoms with Crippen LogP contribution in [0.25, 0.3) is 11.4 Å². The summed E-state index contributed by atoms with van der Waals surface area (Å²) in [5.41, 5.74) is 5.46. The van der Waals surface area contributed by atoms with Gasteiger partial charge in [0.15, 0.2) is 0 Å². The molecule has 32 heavy (non-hydrogen) atoms. The molecular formula is C21H19Cl3N4O4. The quantitative estimate of drug-likeness (QED) is 0.330. The number of hydrazine groups is 1. The van der Waals surface area contributed by atoms with Gasteiger partial charge in [0, 0.05) is 34.9 Å². The number of nitrogens with zero attached hydrogens (tertiary/aromatic N) is 2. The number of amides is 2. The van der Waals surface area contributed by atoms with Gasteiger partial charge < -0.3 is 9.26 Å². The third-order valence-electron chi connectivity index (χ3n) is 4.18. The van der Waals surface area contributed by atoms with E-state index >= 15 is 0 Å². The molecule has 0 unspecified atom stereocenters. The molecule has 0 aliphatic heterocycles. The van der Waals surface area contributed by atoms with Crippen molar-refractivity contribution in [2.75, 3.05) is 6.61 Å². The number of benzene rings is 2. The minimum Gasteiger partial charge on any atom is -0.492 e. The van der Waals surface area contributed by atoms with Crippen LogP contribution in [0, 0.1) is 0 Å². The van der Waals surface area contributed by atoms with Crippen LogP contribution < -0.4 is 15.6 Å². The molecule has 0 aliphatic rings. The highest BCUT2D eigenvalue weighted by atomic mass is 35.5. The molecule has 0 saturated carbocycles. The summed E-state index contributed by atoms with van der Waals surface area (Å²) in [4.78, 5) is 28.0. The van der Waals surface area contributed by atoms with Crippen molar-refractivity contribution in [2.24, 2.45) is 0 Å². The van der Waals surface area contributed by atoms with Crippen molar-refractivity contribution < 1.29 is 18.8 Å². The van der Waals surface area contributed by atoms with Crippen LogP contribution in [0.5, 0.6) is 5.75 Å². The predicted molar refractivity (Wildman–Crippen MR) is 121 cm³/mol. The third-order valence-corrected chi connectivity index (χ3v) is 4.96. The minimum absolute atomic E-state index is 0.0701. The molecule has 0 spiro atoms. The Kier molecular flexibility index (Phi) is 8.72. The van der Waals surface area contributed by atoms with Crippen molar-refractivity contribution in [1.82, 2.24) is 21.0 Å². The van der Waals surface area contributed by atoms with E-state index in [2.05, 4.69) is 21.0 Å². The Morgan fingerprint density at radius 1 is 0.938 bits per heavy atom. The molecule has 2 amide bonds. The normalized spacial score (nSPS) is 10.6. The van der Waals surface area contributed by atoms with Crippen LogP contribution in [-0.2, 0) is 16.0 Å². The maximum atomic E-state index is 11.9. The second-order valence-corrected chi connectivity index (χ2v) is 7.92. The molecule has 3 rings (SSSR count). The summed E-state index contributed by atoms with van der Waals surface area (Å²) < 4.78 is 10.7. The average molecular weight is 498 g/mol. The smallest absolute Gasteiger partial charge is 0.238 e. The number of hydrogen-bond acceptors (Lipinski definition) is 6. The lowest BCUT2D eigenvalue weighted by molar-refractivity contribution is -0.129. The van der Waals surface area contributed by atoms with E-state index in [-0.39, 0.29) is 37.7 Å². The van der Waals surface area contributed by atoms with Crippen molar-refractivity contribution in [3.8, 4) is 17.1 Å². The Bertz CT molecular complexity index is 1070. The van der Waals surface area contributed by atoms with Crippen molar-refractivity contribution in [3.63, 3.8) is 0 Å². The number of halogens is 3. The Hall–Kier alpha value is -2.81. The van der Waals surface area contributed by atoms with Gasteiger partial charge in [-0.25, -0.2) is 0 Å². The molecule has 168 valence electrons. The number of aromatic nitrogens is 2. The molecule has 1 aromatic heterocycles. The lowest BCUT2D eigenvalue weighted by atomic mass is 10.2. The molecule has 8 nitrogen and oxygen atoms in total. The van der Waals surface area contributed by atoms with E-state index in [1.54, 1.807) is 42.5 Å². The molecule has 2 aromatic carbocycles. The van der Waals surface area contributed by atoms with Gasteiger partial charge in [0.1, 0.15) is 5.75 Å². The molecule has 2 N–H and O–H groups in total. The number of hydrogen-bond donors (Lipinski definition) is 2. The zero-order valence-corrected chi connectivity index (χ0v) is 19.0. The molecule has 0 radical (unpaired) electrons. The van der Waals surface area contributed by atoms with E-state index in [0.717, 1.165) is 5.56 Å². The highest BCUT2D eigenvalue weighted by Gasteiger charge is 2.11. The van der Waals surface area contributed by atoms with Crippen LogP contribution in [-0.4, -0.2) is 28.6 Å². The first-order chi connectivity index (χ1) is 15.4. The number of nitrogens with one attached hydrogen (secondary N) is 2. The number of carbonyl (C=O) groups excluding carboxylic acids is 2. The molecule has 11 heteroatoms. The van der Waals surface area contributed by atoms with Crippen molar-refractivity contribution in [3.05, 3.63) is 63.4 Å². The summed E-state index contributed by atoms with van der Waals surface area (Å²) in [6, 6.07) is 11.9. The molecule has 0 bridgehead atoms. The van der Waals surface area contributed by atoms with Gasteiger partial charge in [-0.3, -0.25) is 20.4 Å². The van der Waals surface area contributed by atoms with Gasteiger partial charge in [-0.1, -0.05) is 40.0 Å². The topological polar surface area (TPSA) is 106 Å². The summed E-state index contributed by atoms with van der Waals surface area (Å²) in [5.74, 6) is 0.493. The van der Waals surface area contributed by atoms with Gasteiger partial charge in [0.2, 0.25) is 23.5 Å². The first-order valence-electron chi connectivity index (χ1n) is 9.65. The summed E-state index contributed by atoms with van der Waals surface area (Å²) in [6.07, 6.45) is 0.911. The second-order valence-electron chi connectivity index (χ2n) is 6.64. The van der Waals surface area contributed by atoms with Crippen LogP contribution in [0.15, 0.2) is 47.0 Å². The third kappa shape index (κ3) is 7.40. The maximum absolute atomic E-state index is 11.9. The molecule has 0 fully saturated rings. The average Bonchev–Trinajstić information content (AvgIpc) is 3.24. The standard InChI is InChI=1S/C21H19Cl3N4O4/c22-14-5-3-13(4-6-14)21-25-20(32-28-21)10-9-19(30)27-26-18(29)2-1-11-31-17-8-7-15(23)12-16(17)24/h3-8,12H,1-2,9-11H2,(H,26,29)(H,27,30). The van der Waals surface area contributed by atoms with Gasteiger partial charge in [0.05, 0.1) is 11.6 Å². The highest BCUT2D eigenvalue weighted by Crippen LogP contribution is 2.27. The summed E-state index contributed by atoms with van der Waals surface area (Å²) in [6.45, 7) is 0.288. The van der Waals surface area contributed by atoms with Crippen molar-refractivity contribution in [2.45, 2.75) is 25.7 Å². The number of carbonyl (C=O) groups is 2. The number of ether oxygens (including phenoxy) is 1. The lowest BCUT2D eigenvalue weighted by Gasteiger charge is -2.09. The molecule has 0 atom stereocenters. The minimum atomic E-state index is -0.381. The van der Waals surface area contributed by atoms with Crippen LogP contribution in [0.3, 0.4) is 0 Å². The summed E-state index contributed by atoms with van der Waals surface area (Å²) in [5, 5.41) is 5.40. The van der Waals surface area contributed by atoms with E-state index in [1.165, 1.54) is 0 Å². The largest absolute Gasteiger partial charge is 0.492 e. The van der Waals surface area contributed by atoms with Gasteiger partial charge in [-0.2, -0.15) is 4.98 Å². The van der Waals surface area contributed by atoms with E-state index in [4.69, 9.17) is 44.1 Å². The van der Waals surface area contributed by atoms with Gasteiger partial charge in [0.25, 0.3) is 0 Å². The molecular weight excluding hydrogens is 479 g/mol. The van der Waals surface area contributed by atoms with Crippen LogP contribution >= 0.6 is 34.8 Å². The molecule has 1 heterocycles. The maximum Gasteiger partial charge on any atom is 0.238 e. The predicted octanol–water partition coefficient (Wildman–Crippen LogP) is 4.64. The SMILES string of the molecule is O=C(CCCOc1ccc(Cl)cc1Cl)NNC(=O)CCc1nc(-c2ccc(Cl)cc2)no1. The molecule has 0 aliphatic carbocycles. The van der Waals surface area contributed by atoms with Crippen LogP contribution in [0.4, 0.5) is 0 Å². The fourth-order valence-corrected chi connectivity index (χ4v) is 3.15. The van der Waals surface area contributed by atoms with E-state index in [1.807, 2.05) is 0 Å². The Balaban J connectivity index is 1.31. The van der Waals surface area contributed by atoms with E-state index in [9.17, 15) is 9.59 Å². The Morgan fingerprint density at radius 3 is 2.34 bits per heavy atom. The zero-order chi connectivity index (χ0) is 22.9. The van der Waals surface area contributed by atoms with Crippen LogP contribution in [0.2, 0.25) is 15.1 Å². The van der Waals surface area contributed by atoms with Crippen molar-refractivity contribution >= 4 is 46.6 Å². The van der Waals surface area contributed by atoms with E-state index in [0.29, 0.717) is 39.0 Å². The lowest BCUT2D eigenvalue weighted by Crippen LogP contribution is -2.41. The second kappa shape index (κ2) is 11.7. The Labute approximate surface area is 199 Å². The summed E-state index contributed by atoms with van der Waals surface area (Å²) >= 11 is 17.7. The molecule has 0 saturated heterocycles. The fourth-order valence-electron chi connectivity index (χ4n) is 2.56. The highest BCUT2D eigenvalue weighted by molar-refractivity contribution is 6.35. The monoisotopic (exact) mass is 496 g/mol. The number of aryl methyl sites for hydroxylation is 1. The summed E-state index contributed by atoms with van der Waals surface area (Å²) in [7, 11) is 0. The first kappa shape index (κ1) is 23.8. The molecule has 3 aromatic rings. The van der Waals surface area contributed by atoms with Gasteiger partial charge in [-0.05, 0) is 48.9 Å². The van der Waals surface area contributed by atoms with Crippen molar-refractivity contribution in [1.29, 1.82) is 0 Å².